The summed E-state index contributed by atoms with van der Waals surface area (Å²) in [5, 5.41) is 3.18. The maximum atomic E-state index is 5.37. The highest BCUT2D eigenvalue weighted by atomic mass is 16.5. The first-order valence-corrected chi connectivity index (χ1v) is 5.47. The number of ether oxygens (including phenoxy) is 1. The lowest BCUT2D eigenvalue weighted by Crippen LogP contribution is -2.11. The normalized spacial score (nSPS) is 10.1. The molecule has 0 unspecified atom stereocenters. The number of para-hydroxylation sites is 1. The van der Waals surface area contributed by atoms with Crippen molar-refractivity contribution in [3.63, 3.8) is 0 Å². The van der Waals surface area contributed by atoms with Gasteiger partial charge in [-0.2, -0.15) is 0 Å². The van der Waals surface area contributed by atoms with Gasteiger partial charge in [0.15, 0.2) is 5.82 Å². The number of nitrogens with two attached hydrogens (primary N) is 1. The Kier molecular flexibility index (Phi) is 4.06. The Bertz CT molecular complexity index is 503. The molecule has 2 rings (SSSR count). The van der Waals surface area contributed by atoms with Gasteiger partial charge in [-0.05, 0) is 12.1 Å². The molecule has 0 fully saturated rings. The van der Waals surface area contributed by atoms with E-state index >= 15 is 0 Å². The van der Waals surface area contributed by atoms with Gasteiger partial charge in [0, 0.05) is 18.9 Å². The quantitative estimate of drug-likeness (QED) is 0.548. The second kappa shape index (κ2) is 5.95. The van der Waals surface area contributed by atoms with Crippen molar-refractivity contribution in [2.75, 3.05) is 17.9 Å². The molecular formula is C12H15N5O. The predicted molar refractivity (Wildman–Crippen MR) is 70.3 cm³/mol. The molecule has 0 radical (unpaired) electrons. The molecule has 94 valence electrons. The molecular weight excluding hydrogens is 230 g/mol. The predicted octanol–water partition coefficient (Wildman–Crippen LogP) is 1.65. The second-order valence-corrected chi connectivity index (χ2v) is 3.62. The topological polar surface area (TPSA) is 85.1 Å². The molecule has 0 saturated heterocycles. The van der Waals surface area contributed by atoms with E-state index in [1.54, 1.807) is 13.2 Å². The van der Waals surface area contributed by atoms with E-state index in [-0.39, 0.29) is 0 Å². The summed E-state index contributed by atoms with van der Waals surface area (Å²) in [6, 6.07) is 11.5. The molecule has 0 amide bonds. The summed E-state index contributed by atoms with van der Waals surface area (Å²) in [6.45, 7) is 0.332. The Morgan fingerprint density at radius 2 is 1.89 bits per heavy atom. The number of nitrogens with one attached hydrogen (secondary N) is 2. The molecule has 0 atom stereocenters. The summed E-state index contributed by atoms with van der Waals surface area (Å²) >= 11 is 0. The van der Waals surface area contributed by atoms with Crippen molar-refractivity contribution in [1.82, 2.24) is 9.97 Å². The largest absolute Gasteiger partial charge is 0.377 e. The molecule has 0 aliphatic rings. The van der Waals surface area contributed by atoms with Crippen LogP contribution in [0.5, 0.6) is 0 Å². The van der Waals surface area contributed by atoms with Gasteiger partial charge in [0.1, 0.15) is 18.2 Å². The lowest BCUT2D eigenvalue weighted by atomic mass is 10.3. The molecule has 6 heteroatoms. The highest BCUT2D eigenvalue weighted by Gasteiger charge is 2.04. The van der Waals surface area contributed by atoms with Crippen LogP contribution in [0.4, 0.5) is 17.3 Å². The Morgan fingerprint density at radius 1 is 1.17 bits per heavy atom. The summed E-state index contributed by atoms with van der Waals surface area (Å²) in [7, 11) is 1.59. The number of hydrogen-bond acceptors (Lipinski definition) is 6. The van der Waals surface area contributed by atoms with Crippen molar-refractivity contribution < 1.29 is 4.74 Å². The van der Waals surface area contributed by atoms with Gasteiger partial charge in [0.2, 0.25) is 0 Å². The van der Waals surface area contributed by atoms with Crippen molar-refractivity contribution in [2.45, 2.75) is 6.61 Å². The standard InChI is InChI=1S/C12H15N5O/c1-18-8-12-15-10(7-11(16-12)17-13)14-9-5-3-2-4-6-9/h2-7H,8,13H2,1H3,(H2,14,15,16,17). The number of methoxy groups -OCH3 is 1. The molecule has 1 aromatic carbocycles. The van der Waals surface area contributed by atoms with Crippen molar-refractivity contribution in [3.8, 4) is 0 Å². The summed E-state index contributed by atoms with van der Waals surface area (Å²) in [6.07, 6.45) is 0. The zero-order valence-corrected chi connectivity index (χ0v) is 10.1. The van der Waals surface area contributed by atoms with Crippen LogP contribution in [0.3, 0.4) is 0 Å². The van der Waals surface area contributed by atoms with Crippen LogP contribution in [0.25, 0.3) is 0 Å². The van der Waals surface area contributed by atoms with Crippen LogP contribution in [0, 0.1) is 0 Å². The van der Waals surface area contributed by atoms with Gasteiger partial charge in [-0.3, -0.25) is 0 Å². The number of benzene rings is 1. The Morgan fingerprint density at radius 3 is 2.56 bits per heavy atom. The molecule has 4 N–H and O–H groups in total. The molecule has 1 aromatic heterocycles. The third kappa shape index (κ3) is 3.16. The first-order valence-electron chi connectivity index (χ1n) is 5.47. The SMILES string of the molecule is COCc1nc(NN)cc(Nc2ccccc2)n1. The van der Waals surface area contributed by atoms with Crippen LogP contribution in [-0.2, 0) is 11.3 Å². The van der Waals surface area contributed by atoms with Gasteiger partial charge in [-0.1, -0.05) is 18.2 Å². The molecule has 1 heterocycles. The first kappa shape index (κ1) is 12.3. The van der Waals surface area contributed by atoms with E-state index in [9.17, 15) is 0 Å². The number of anilines is 3. The van der Waals surface area contributed by atoms with E-state index in [4.69, 9.17) is 10.6 Å². The monoisotopic (exact) mass is 245 g/mol. The number of hydrazine groups is 1. The van der Waals surface area contributed by atoms with Crippen molar-refractivity contribution in [1.29, 1.82) is 0 Å². The minimum atomic E-state index is 0.332. The molecule has 0 spiro atoms. The second-order valence-electron chi connectivity index (χ2n) is 3.62. The number of aromatic nitrogens is 2. The van der Waals surface area contributed by atoms with E-state index in [2.05, 4.69) is 20.7 Å². The molecule has 18 heavy (non-hydrogen) atoms. The summed E-state index contributed by atoms with van der Waals surface area (Å²) < 4.78 is 5.01. The Hall–Kier alpha value is -2.18. The van der Waals surface area contributed by atoms with Crippen molar-refractivity contribution in [3.05, 3.63) is 42.2 Å². The lowest BCUT2D eigenvalue weighted by Gasteiger charge is -2.09. The average Bonchev–Trinajstić information content (AvgIpc) is 2.40. The van der Waals surface area contributed by atoms with Crippen LogP contribution in [-0.4, -0.2) is 17.1 Å². The van der Waals surface area contributed by atoms with E-state index in [0.717, 1.165) is 5.69 Å². The molecule has 0 aliphatic heterocycles. The Labute approximate surface area is 105 Å². The zero-order chi connectivity index (χ0) is 12.8. The average molecular weight is 245 g/mol. The fourth-order valence-corrected chi connectivity index (χ4v) is 1.50. The number of rotatable bonds is 5. The van der Waals surface area contributed by atoms with Crippen LogP contribution in [0.15, 0.2) is 36.4 Å². The third-order valence-corrected chi connectivity index (χ3v) is 2.24. The minimum absolute atomic E-state index is 0.332. The van der Waals surface area contributed by atoms with Crippen LogP contribution in [0.2, 0.25) is 0 Å². The Balaban J connectivity index is 2.24. The maximum Gasteiger partial charge on any atom is 0.158 e. The van der Waals surface area contributed by atoms with Crippen molar-refractivity contribution in [2.24, 2.45) is 5.84 Å². The summed E-state index contributed by atoms with van der Waals surface area (Å²) in [5.41, 5.74) is 3.45. The highest BCUT2D eigenvalue weighted by Crippen LogP contribution is 2.16. The van der Waals surface area contributed by atoms with E-state index in [0.29, 0.717) is 24.1 Å². The first-order chi connectivity index (χ1) is 8.81. The smallest absolute Gasteiger partial charge is 0.158 e. The number of nitrogens with zero attached hydrogens (tertiary/aromatic N) is 2. The minimum Gasteiger partial charge on any atom is -0.377 e. The molecule has 0 saturated carbocycles. The van der Waals surface area contributed by atoms with Crippen molar-refractivity contribution >= 4 is 17.3 Å². The fourth-order valence-electron chi connectivity index (χ4n) is 1.50. The zero-order valence-electron chi connectivity index (χ0n) is 10.1. The van der Waals surface area contributed by atoms with E-state index < -0.39 is 0 Å². The lowest BCUT2D eigenvalue weighted by molar-refractivity contribution is 0.178. The van der Waals surface area contributed by atoms with Gasteiger partial charge in [0.25, 0.3) is 0 Å². The van der Waals surface area contributed by atoms with Crippen LogP contribution in [0.1, 0.15) is 5.82 Å². The number of nitrogen functional groups attached to an aromatic ring is 1. The van der Waals surface area contributed by atoms with E-state index in [1.807, 2.05) is 30.3 Å². The van der Waals surface area contributed by atoms with E-state index in [1.165, 1.54) is 0 Å². The van der Waals surface area contributed by atoms with Gasteiger partial charge in [-0.25, -0.2) is 15.8 Å². The fraction of sp³-hybridized carbons (Fsp3) is 0.167. The molecule has 0 bridgehead atoms. The van der Waals surface area contributed by atoms with Gasteiger partial charge >= 0.3 is 0 Å². The molecule has 0 aliphatic carbocycles. The number of hydrogen-bond donors (Lipinski definition) is 3. The molecule has 6 nitrogen and oxygen atoms in total. The van der Waals surface area contributed by atoms with Gasteiger partial charge in [0.05, 0.1) is 0 Å². The van der Waals surface area contributed by atoms with Crippen LogP contribution >= 0.6 is 0 Å². The maximum absolute atomic E-state index is 5.37. The molecule has 2 aromatic rings. The third-order valence-electron chi connectivity index (χ3n) is 2.24. The van der Waals surface area contributed by atoms with Gasteiger partial charge < -0.3 is 15.5 Å². The van der Waals surface area contributed by atoms with Gasteiger partial charge in [-0.15, -0.1) is 0 Å². The summed E-state index contributed by atoms with van der Waals surface area (Å²) in [5.74, 6) is 7.13. The summed E-state index contributed by atoms with van der Waals surface area (Å²) in [4.78, 5) is 8.49. The van der Waals surface area contributed by atoms with Crippen LogP contribution < -0.4 is 16.6 Å². The highest BCUT2D eigenvalue weighted by molar-refractivity contribution is 5.58.